The molecule has 0 radical (unpaired) electrons. The Morgan fingerprint density at radius 1 is 1.29 bits per heavy atom. The smallest absolute Gasteiger partial charge is 0.258 e. The summed E-state index contributed by atoms with van der Waals surface area (Å²) in [7, 11) is 0. The van der Waals surface area contributed by atoms with Crippen molar-refractivity contribution in [3.05, 3.63) is 68.9 Å². The van der Waals surface area contributed by atoms with Crippen molar-refractivity contribution in [2.75, 3.05) is 0 Å². The van der Waals surface area contributed by atoms with E-state index in [1.54, 1.807) is 10.7 Å². The standard InChI is InChI=1S/C15H14N4OS/c1-10-13(11-5-3-2-4-6-11)8-14(16)19(17-10)9-12-7-15(20)18-21-12/h2-8,16H,9H2,1H3,(H,18,20). The molecule has 0 aliphatic heterocycles. The van der Waals surface area contributed by atoms with Crippen LogP contribution in [0.5, 0.6) is 0 Å². The van der Waals surface area contributed by atoms with E-state index in [2.05, 4.69) is 9.47 Å². The second-order valence-electron chi connectivity index (χ2n) is 4.73. The number of aryl methyl sites for hydroxylation is 1. The van der Waals surface area contributed by atoms with E-state index < -0.39 is 0 Å². The van der Waals surface area contributed by atoms with Gasteiger partial charge in [-0.25, -0.2) is 4.68 Å². The number of aromatic amines is 1. The zero-order valence-corrected chi connectivity index (χ0v) is 12.3. The van der Waals surface area contributed by atoms with E-state index in [1.165, 1.54) is 11.5 Å². The third kappa shape index (κ3) is 2.85. The van der Waals surface area contributed by atoms with Gasteiger partial charge in [0, 0.05) is 16.5 Å². The van der Waals surface area contributed by atoms with E-state index in [1.807, 2.05) is 43.3 Å². The lowest BCUT2D eigenvalue weighted by Crippen LogP contribution is -2.24. The number of hydrogen-bond acceptors (Lipinski definition) is 4. The Morgan fingerprint density at radius 3 is 2.71 bits per heavy atom. The number of aromatic nitrogens is 3. The molecule has 0 saturated heterocycles. The summed E-state index contributed by atoms with van der Waals surface area (Å²) in [6.45, 7) is 2.36. The molecule has 0 spiro atoms. The predicted molar refractivity (Wildman–Crippen MR) is 82.3 cm³/mol. The van der Waals surface area contributed by atoms with Gasteiger partial charge in [-0.3, -0.25) is 14.6 Å². The SMILES string of the molecule is Cc1nn(Cc2cc(=O)[nH]s2)c(=N)cc1-c1ccccc1. The van der Waals surface area contributed by atoms with Gasteiger partial charge < -0.3 is 0 Å². The first-order chi connectivity index (χ1) is 10.1. The van der Waals surface area contributed by atoms with Crippen LogP contribution in [-0.4, -0.2) is 14.2 Å². The summed E-state index contributed by atoms with van der Waals surface area (Å²) in [5.74, 6) is 0. The number of nitrogens with one attached hydrogen (secondary N) is 2. The maximum Gasteiger partial charge on any atom is 0.258 e. The van der Waals surface area contributed by atoms with Gasteiger partial charge in [0.2, 0.25) is 0 Å². The van der Waals surface area contributed by atoms with Gasteiger partial charge in [0.1, 0.15) is 5.49 Å². The van der Waals surface area contributed by atoms with Crippen LogP contribution in [-0.2, 0) is 6.54 Å². The lowest BCUT2D eigenvalue weighted by atomic mass is 10.1. The number of nitrogens with zero attached hydrogens (tertiary/aromatic N) is 2. The molecule has 0 aliphatic carbocycles. The van der Waals surface area contributed by atoms with Crippen LogP contribution in [0.4, 0.5) is 0 Å². The van der Waals surface area contributed by atoms with Crippen molar-refractivity contribution in [3.63, 3.8) is 0 Å². The summed E-state index contributed by atoms with van der Waals surface area (Å²) in [5.41, 5.74) is 3.08. The second-order valence-corrected chi connectivity index (χ2v) is 5.66. The monoisotopic (exact) mass is 298 g/mol. The molecule has 3 aromatic rings. The summed E-state index contributed by atoms with van der Waals surface area (Å²) in [6.07, 6.45) is 0. The van der Waals surface area contributed by atoms with Gasteiger partial charge in [-0.05, 0) is 18.6 Å². The summed E-state index contributed by atoms with van der Waals surface area (Å²) in [4.78, 5) is 12.0. The van der Waals surface area contributed by atoms with Crippen LogP contribution in [0.2, 0.25) is 0 Å². The van der Waals surface area contributed by atoms with Crippen molar-refractivity contribution in [1.29, 1.82) is 5.41 Å². The van der Waals surface area contributed by atoms with E-state index in [-0.39, 0.29) is 5.56 Å². The first-order valence-corrected chi connectivity index (χ1v) is 7.31. The Bertz CT molecular complexity index is 876. The van der Waals surface area contributed by atoms with E-state index in [0.29, 0.717) is 12.0 Å². The molecule has 0 unspecified atom stereocenters. The minimum Gasteiger partial charge on any atom is -0.283 e. The molecule has 106 valence electrons. The van der Waals surface area contributed by atoms with Gasteiger partial charge in [0.05, 0.1) is 12.2 Å². The zero-order chi connectivity index (χ0) is 14.8. The van der Waals surface area contributed by atoms with Crippen molar-refractivity contribution in [2.24, 2.45) is 0 Å². The second kappa shape index (κ2) is 5.49. The van der Waals surface area contributed by atoms with E-state index in [0.717, 1.165) is 21.7 Å². The largest absolute Gasteiger partial charge is 0.283 e. The molecule has 6 heteroatoms. The molecule has 2 heterocycles. The van der Waals surface area contributed by atoms with E-state index in [4.69, 9.17) is 5.41 Å². The quantitative estimate of drug-likeness (QED) is 0.777. The molecule has 0 saturated carbocycles. The van der Waals surface area contributed by atoms with E-state index >= 15 is 0 Å². The van der Waals surface area contributed by atoms with Crippen LogP contribution in [0, 0.1) is 12.3 Å². The van der Waals surface area contributed by atoms with Crippen molar-refractivity contribution < 1.29 is 0 Å². The predicted octanol–water partition coefficient (Wildman–Crippen LogP) is 2.14. The lowest BCUT2D eigenvalue weighted by molar-refractivity contribution is 0.616. The molecule has 0 bridgehead atoms. The van der Waals surface area contributed by atoms with E-state index in [9.17, 15) is 4.79 Å². The Kier molecular flexibility index (Phi) is 3.53. The third-order valence-corrected chi connectivity index (χ3v) is 4.00. The molecule has 3 rings (SSSR count). The van der Waals surface area contributed by atoms with Crippen LogP contribution in [0.3, 0.4) is 0 Å². The maximum atomic E-state index is 11.1. The molecular formula is C15H14N4OS. The van der Waals surface area contributed by atoms with Crippen molar-refractivity contribution in [3.8, 4) is 11.1 Å². The number of H-pyrrole nitrogens is 1. The molecule has 5 nitrogen and oxygen atoms in total. The molecule has 1 aromatic carbocycles. The molecule has 0 aliphatic rings. The highest BCUT2D eigenvalue weighted by molar-refractivity contribution is 7.05. The Morgan fingerprint density at radius 2 is 2.05 bits per heavy atom. The molecule has 0 amide bonds. The third-order valence-electron chi connectivity index (χ3n) is 3.18. The van der Waals surface area contributed by atoms with Crippen LogP contribution in [0.15, 0.2) is 47.3 Å². The Balaban J connectivity index is 2.00. The fraction of sp³-hybridized carbons (Fsp3) is 0.133. The van der Waals surface area contributed by atoms with Crippen molar-refractivity contribution in [2.45, 2.75) is 13.5 Å². The number of benzene rings is 1. The number of hydrogen-bond donors (Lipinski definition) is 2. The summed E-state index contributed by atoms with van der Waals surface area (Å²) < 4.78 is 4.24. The van der Waals surface area contributed by atoms with Crippen LogP contribution >= 0.6 is 11.5 Å². The highest BCUT2D eigenvalue weighted by Gasteiger charge is 2.07. The Hall–Kier alpha value is -2.47. The average Bonchev–Trinajstić information content (AvgIpc) is 2.89. The summed E-state index contributed by atoms with van der Waals surface area (Å²) in [6, 6.07) is 13.3. The summed E-state index contributed by atoms with van der Waals surface area (Å²) in [5, 5.41) is 12.6. The van der Waals surface area contributed by atoms with Crippen LogP contribution in [0.1, 0.15) is 10.6 Å². The highest BCUT2D eigenvalue weighted by Crippen LogP contribution is 2.19. The minimum absolute atomic E-state index is 0.111. The van der Waals surface area contributed by atoms with Crippen LogP contribution in [0.25, 0.3) is 11.1 Å². The fourth-order valence-electron chi connectivity index (χ4n) is 2.18. The molecular weight excluding hydrogens is 284 g/mol. The van der Waals surface area contributed by atoms with Gasteiger partial charge in [-0.2, -0.15) is 5.10 Å². The highest BCUT2D eigenvalue weighted by atomic mass is 32.1. The average molecular weight is 298 g/mol. The molecule has 21 heavy (non-hydrogen) atoms. The first kappa shape index (κ1) is 13.5. The van der Waals surface area contributed by atoms with Gasteiger partial charge in [-0.15, -0.1) is 0 Å². The number of rotatable bonds is 3. The Labute approximate surface area is 125 Å². The molecule has 0 atom stereocenters. The molecule has 0 fully saturated rings. The molecule has 2 aromatic heterocycles. The van der Waals surface area contributed by atoms with Crippen LogP contribution < -0.4 is 11.0 Å². The normalized spacial score (nSPS) is 10.7. The topological polar surface area (TPSA) is 74.5 Å². The first-order valence-electron chi connectivity index (χ1n) is 6.49. The fourth-order valence-corrected chi connectivity index (χ4v) is 2.82. The van der Waals surface area contributed by atoms with Gasteiger partial charge in [-0.1, -0.05) is 41.9 Å². The zero-order valence-electron chi connectivity index (χ0n) is 11.5. The summed E-state index contributed by atoms with van der Waals surface area (Å²) >= 11 is 1.28. The van der Waals surface area contributed by atoms with Gasteiger partial charge in [0.25, 0.3) is 5.56 Å². The maximum absolute atomic E-state index is 11.1. The van der Waals surface area contributed by atoms with Crippen molar-refractivity contribution in [1.82, 2.24) is 14.2 Å². The van der Waals surface area contributed by atoms with Gasteiger partial charge >= 0.3 is 0 Å². The lowest BCUT2D eigenvalue weighted by Gasteiger charge is -2.10. The van der Waals surface area contributed by atoms with Crippen molar-refractivity contribution >= 4 is 11.5 Å². The van der Waals surface area contributed by atoms with Gasteiger partial charge in [0.15, 0.2) is 0 Å². The minimum atomic E-state index is -0.111. The molecule has 2 N–H and O–H groups in total.